The van der Waals surface area contributed by atoms with Crippen molar-refractivity contribution in [2.75, 3.05) is 13.2 Å². The summed E-state index contributed by atoms with van der Waals surface area (Å²) in [4.78, 5) is 19.8. The van der Waals surface area contributed by atoms with Crippen molar-refractivity contribution in [3.8, 4) is 0 Å². The number of hydrogen-bond acceptors (Lipinski definition) is 5. The van der Waals surface area contributed by atoms with Gasteiger partial charge in [-0.3, -0.25) is 10.1 Å². The fourth-order valence-corrected chi connectivity index (χ4v) is 3.09. The average molecular weight is 244 g/mol. The summed E-state index contributed by atoms with van der Waals surface area (Å²) < 4.78 is 10.3. The Balaban J connectivity index is 2.07. The van der Waals surface area contributed by atoms with Gasteiger partial charge in [0.25, 0.3) is 5.69 Å². The second-order valence-electron chi connectivity index (χ2n) is 3.39. The van der Waals surface area contributed by atoms with Crippen molar-refractivity contribution in [1.29, 1.82) is 0 Å². The predicted octanol–water partition coefficient (Wildman–Crippen LogP) is 1.90. The van der Waals surface area contributed by atoms with Crippen LogP contribution >= 0.6 is 7.94 Å². The van der Waals surface area contributed by atoms with Crippen molar-refractivity contribution in [2.24, 2.45) is 0 Å². The highest BCUT2D eigenvalue weighted by atomic mass is 31.2. The molecule has 0 aromatic heterocycles. The second kappa shape index (κ2) is 4.43. The summed E-state index contributed by atoms with van der Waals surface area (Å²) in [7, 11) is -2.75. The van der Waals surface area contributed by atoms with Gasteiger partial charge in [-0.2, -0.15) is 13.9 Å². The Bertz CT molecular complexity index is 387. The first-order valence-corrected chi connectivity index (χ1v) is 6.49. The topological polar surface area (TPSA) is 81.8 Å². The molecule has 1 fully saturated rings. The first kappa shape index (κ1) is 11.4. The van der Waals surface area contributed by atoms with Crippen molar-refractivity contribution < 1.29 is 18.9 Å². The standard InChI is InChI=1S/C9H11NO5P/c11-10(12)9-3-1-8(2-4-9)7-16(13)14-5-6-15-16/h1-4,13H,5-7H2/q+1. The molecule has 0 saturated carbocycles. The van der Waals surface area contributed by atoms with Gasteiger partial charge >= 0.3 is 7.94 Å². The number of non-ortho nitro benzene ring substituents is 1. The van der Waals surface area contributed by atoms with Gasteiger partial charge in [-0.15, -0.1) is 0 Å². The van der Waals surface area contributed by atoms with Crippen LogP contribution < -0.4 is 0 Å². The van der Waals surface area contributed by atoms with E-state index in [-0.39, 0.29) is 11.8 Å². The van der Waals surface area contributed by atoms with Crippen LogP contribution in [0.2, 0.25) is 0 Å². The Morgan fingerprint density at radius 2 is 1.88 bits per heavy atom. The Hall–Kier alpha value is -1.07. The SMILES string of the molecule is O=[N+]([O-])c1ccc(C[P+]2(O)OCCO2)cc1. The summed E-state index contributed by atoms with van der Waals surface area (Å²) in [5, 5.41) is 10.4. The second-order valence-corrected chi connectivity index (χ2v) is 5.49. The number of nitro benzene ring substituents is 1. The van der Waals surface area contributed by atoms with Crippen molar-refractivity contribution in [3.63, 3.8) is 0 Å². The van der Waals surface area contributed by atoms with E-state index in [2.05, 4.69) is 0 Å². The zero-order chi connectivity index (χ0) is 11.6. The molecule has 1 N–H and O–H groups in total. The zero-order valence-corrected chi connectivity index (χ0v) is 9.30. The van der Waals surface area contributed by atoms with Gasteiger partial charge in [0.15, 0.2) is 6.16 Å². The highest BCUT2D eigenvalue weighted by Gasteiger charge is 2.45. The van der Waals surface area contributed by atoms with Crippen LogP contribution in [0.1, 0.15) is 5.56 Å². The van der Waals surface area contributed by atoms with E-state index in [0.717, 1.165) is 5.56 Å². The lowest BCUT2D eigenvalue weighted by Crippen LogP contribution is -1.96. The van der Waals surface area contributed by atoms with Crippen LogP contribution in [0.15, 0.2) is 24.3 Å². The van der Waals surface area contributed by atoms with Crippen LogP contribution in [-0.4, -0.2) is 23.0 Å². The largest absolute Gasteiger partial charge is 0.413 e. The monoisotopic (exact) mass is 244 g/mol. The third-order valence-corrected chi connectivity index (χ3v) is 4.14. The lowest BCUT2D eigenvalue weighted by atomic mass is 10.2. The van der Waals surface area contributed by atoms with Crippen LogP contribution in [0.4, 0.5) is 5.69 Å². The summed E-state index contributed by atoms with van der Waals surface area (Å²) in [6.07, 6.45) is 0.269. The molecule has 0 spiro atoms. The van der Waals surface area contributed by atoms with Gasteiger partial charge in [0.2, 0.25) is 0 Å². The fraction of sp³-hybridized carbons (Fsp3) is 0.333. The summed E-state index contributed by atoms with van der Waals surface area (Å²) >= 11 is 0. The average Bonchev–Trinajstić information content (AvgIpc) is 2.65. The number of rotatable bonds is 3. The molecule has 7 heteroatoms. The van der Waals surface area contributed by atoms with Crippen molar-refractivity contribution in [2.45, 2.75) is 6.16 Å². The first-order valence-electron chi connectivity index (χ1n) is 4.72. The van der Waals surface area contributed by atoms with Gasteiger partial charge in [0.05, 0.1) is 4.92 Å². The summed E-state index contributed by atoms with van der Waals surface area (Å²) in [6.45, 7) is 0.800. The zero-order valence-electron chi connectivity index (χ0n) is 8.41. The predicted molar refractivity (Wildman–Crippen MR) is 57.8 cm³/mol. The lowest BCUT2D eigenvalue weighted by Gasteiger charge is -2.08. The van der Waals surface area contributed by atoms with Gasteiger partial charge in [0.1, 0.15) is 13.2 Å². The Morgan fingerprint density at radius 1 is 1.31 bits per heavy atom. The first-order chi connectivity index (χ1) is 7.59. The van der Waals surface area contributed by atoms with E-state index >= 15 is 0 Å². The lowest BCUT2D eigenvalue weighted by molar-refractivity contribution is -0.384. The molecule has 1 aliphatic heterocycles. The molecular weight excluding hydrogens is 233 g/mol. The molecule has 2 rings (SSSR count). The Kier molecular flexibility index (Phi) is 3.16. The van der Waals surface area contributed by atoms with Crippen LogP contribution in [0.25, 0.3) is 0 Å². The molecule has 0 unspecified atom stereocenters. The Labute approximate surface area is 92.5 Å². The van der Waals surface area contributed by atoms with Crippen LogP contribution in [-0.2, 0) is 15.2 Å². The number of benzene rings is 1. The minimum atomic E-state index is -2.75. The molecule has 0 atom stereocenters. The highest BCUT2D eigenvalue weighted by Crippen LogP contribution is 2.62. The fourth-order valence-electron chi connectivity index (χ4n) is 1.44. The van der Waals surface area contributed by atoms with Gasteiger partial charge in [-0.1, -0.05) is 0 Å². The molecule has 1 aromatic carbocycles. The summed E-state index contributed by atoms with van der Waals surface area (Å²) in [6, 6.07) is 6.00. The van der Waals surface area contributed by atoms with Gasteiger partial charge in [0, 0.05) is 12.1 Å². The quantitative estimate of drug-likeness (QED) is 0.498. The molecule has 1 aliphatic rings. The minimum absolute atomic E-state index is 0.0299. The van der Waals surface area contributed by atoms with E-state index in [1.165, 1.54) is 12.1 Å². The molecule has 0 aliphatic carbocycles. The third kappa shape index (κ3) is 2.54. The van der Waals surface area contributed by atoms with Crippen molar-refractivity contribution in [1.82, 2.24) is 0 Å². The normalized spacial score (nSPS) is 18.6. The molecule has 0 amide bonds. The van der Waals surface area contributed by atoms with Crippen molar-refractivity contribution >= 4 is 13.6 Å². The number of hydrogen-bond donors (Lipinski definition) is 1. The van der Waals surface area contributed by atoms with Crippen molar-refractivity contribution in [3.05, 3.63) is 39.9 Å². The molecule has 86 valence electrons. The van der Waals surface area contributed by atoms with Crippen LogP contribution in [0.5, 0.6) is 0 Å². The van der Waals surface area contributed by atoms with E-state index in [1.807, 2.05) is 0 Å². The molecule has 1 heterocycles. The molecule has 16 heavy (non-hydrogen) atoms. The third-order valence-electron chi connectivity index (χ3n) is 2.20. The Morgan fingerprint density at radius 3 is 2.38 bits per heavy atom. The molecule has 6 nitrogen and oxygen atoms in total. The van der Waals surface area contributed by atoms with E-state index in [4.69, 9.17) is 9.05 Å². The van der Waals surface area contributed by atoms with E-state index in [1.54, 1.807) is 12.1 Å². The molecule has 0 radical (unpaired) electrons. The molecular formula is C9H11NO5P+. The van der Waals surface area contributed by atoms with Crippen LogP contribution in [0, 0.1) is 10.1 Å². The van der Waals surface area contributed by atoms with Gasteiger partial charge in [-0.05, 0) is 17.7 Å². The van der Waals surface area contributed by atoms with E-state index < -0.39 is 12.9 Å². The van der Waals surface area contributed by atoms with Gasteiger partial charge < -0.3 is 0 Å². The maximum Gasteiger partial charge on any atom is 0.413 e. The molecule has 1 aromatic rings. The molecule has 0 bridgehead atoms. The minimum Gasteiger partial charge on any atom is -0.258 e. The number of nitrogens with zero attached hydrogens (tertiary/aromatic N) is 1. The highest BCUT2D eigenvalue weighted by molar-refractivity contribution is 7.60. The van der Waals surface area contributed by atoms with E-state index in [9.17, 15) is 15.0 Å². The van der Waals surface area contributed by atoms with E-state index in [0.29, 0.717) is 13.2 Å². The summed E-state index contributed by atoms with van der Waals surface area (Å²) in [5.41, 5.74) is 0.797. The molecule has 1 saturated heterocycles. The smallest absolute Gasteiger partial charge is 0.258 e. The van der Waals surface area contributed by atoms with Crippen LogP contribution in [0.3, 0.4) is 0 Å². The summed E-state index contributed by atoms with van der Waals surface area (Å²) in [5.74, 6) is 0. The maximum atomic E-state index is 10.4. The van der Waals surface area contributed by atoms with Gasteiger partial charge in [-0.25, -0.2) is 0 Å². The maximum absolute atomic E-state index is 10.4. The number of nitro groups is 1.